The molecule has 110 valence electrons. The van der Waals surface area contributed by atoms with Crippen LogP contribution in [0.3, 0.4) is 0 Å². The smallest absolute Gasteiger partial charge is 0.387 e. The van der Waals surface area contributed by atoms with Crippen molar-refractivity contribution < 1.29 is 23.4 Å². The van der Waals surface area contributed by atoms with Gasteiger partial charge in [-0.2, -0.15) is 8.78 Å². The molecule has 1 unspecified atom stereocenters. The van der Waals surface area contributed by atoms with Crippen molar-refractivity contribution in [2.75, 3.05) is 19.7 Å². The van der Waals surface area contributed by atoms with Crippen LogP contribution in [0.4, 0.5) is 8.78 Å². The van der Waals surface area contributed by atoms with E-state index in [9.17, 15) is 13.6 Å². The molecule has 0 saturated carbocycles. The Labute approximate surface area is 116 Å². The zero-order chi connectivity index (χ0) is 14.5. The minimum atomic E-state index is -2.87. The van der Waals surface area contributed by atoms with Crippen molar-refractivity contribution in [3.8, 4) is 5.75 Å². The van der Waals surface area contributed by atoms with Crippen molar-refractivity contribution in [2.24, 2.45) is 5.92 Å². The maximum absolute atomic E-state index is 12.3. The van der Waals surface area contributed by atoms with Crippen molar-refractivity contribution in [1.82, 2.24) is 4.90 Å². The van der Waals surface area contributed by atoms with E-state index in [0.717, 1.165) is 12.8 Å². The van der Waals surface area contributed by atoms with Gasteiger partial charge in [-0.05, 0) is 43.0 Å². The number of carbonyl (C=O) groups is 1. The second kappa shape index (κ2) is 6.65. The highest BCUT2D eigenvalue weighted by molar-refractivity contribution is 5.94. The van der Waals surface area contributed by atoms with E-state index in [4.69, 9.17) is 5.11 Å². The van der Waals surface area contributed by atoms with Crippen LogP contribution in [0.5, 0.6) is 5.75 Å². The minimum absolute atomic E-state index is 0.0310. The molecule has 2 rings (SSSR count). The first-order chi connectivity index (χ1) is 9.60. The van der Waals surface area contributed by atoms with Gasteiger partial charge in [-0.15, -0.1) is 0 Å². The topological polar surface area (TPSA) is 49.8 Å². The third-order valence-corrected chi connectivity index (χ3v) is 3.39. The van der Waals surface area contributed by atoms with Gasteiger partial charge in [-0.3, -0.25) is 4.79 Å². The molecule has 1 fully saturated rings. The van der Waals surface area contributed by atoms with E-state index < -0.39 is 6.61 Å². The second-order valence-electron chi connectivity index (χ2n) is 4.84. The van der Waals surface area contributed by atoms with Crippen LogP contribution in [0, 0.1) is 5.92 Å². The third-order valence-electron chi connectivity index (χ3n) is 3.39. The lowest BCUT2D eigenvalue weighted by Crippen LogP contribution is -2.40. The number of aliphatic hydroxyl groups excluding tert-OH is 1. The normalized spacial score (nSPS) is 19.2. The van der Waals surface area contributed by atoms with Gasteiger partial charge in [0.25, 0.3) is 5.91 Å². The van der Waals surface area contributed by atoms with Crippen LogP contribution >= 0.6 is 0 Å². The lowest BCUT2D eigenvalue weighted by atomic mass is 9.98. The molecule has 1 aromatic rings. The number of carbonyl (C=O) groups excluding carboxylic acids is 1. The predicted molar refractivity (Wildman–Crippen MR) is 68.8 cm³/mol. The van der Waals surface area contributed by atoms with Gasteiger partial charge in [0.2, 0.25) is 0 Å². The number of alkyl halides is 2. The van der Waals surface area contributed by atoms with E-state index >= 15 is 0 Å². The summed E-state index contributed by atoms with van der Waals surface area (Å²) in [4.78, 5) is 13.9. The quantitative estimate of drug-likeness (QED) is 0.922. The van der Waals surface area contributed by atoms with E-state index in [1.165, 1.54) is 24.3 Å². The first kappa shape index (κ1) is 14.7. The largest absolute Gasteiger partial charge is 0.435 e. The molecule has 0 radical (unpaired) electrons. The van der Waals surface area contributed by atoms with Gasteiger partial charge >= 0.3 is 6.61 Å². The highest BCUT2D eigenvalue weighted by atomic mass is 19.3. The SMILES string of the molecule is O=C(c1ccc(OC(F)F)cc1)N1CCCC(CO)C1. The molecule has 0 aromatic heterocycles. The number of ether oxygens (including phenoxy) is 1. The van der Waals surface area contributed by atoms with Crippen molar-refractivity contribution in [3.63, 3.8) is 0 Å². The zero-order valence-electron chi connectivity index (χ0n) is 11.0. The number of likely N-dealkylation sites (tertiary alicyclic amines) is 1. The Morgan fingerprint density at radius 3 is 2.70 bits per heavy atom. The fourth-order valence-corrected chi connectivity index (χ4v) is 2.36. The summed E-state index contributed by atoms with van der Waals surface area (Å²) < 4.78 is 28.3. The molecule has 6 heteroatoms. The van der Waals surface area contributed by atoms with E-state index in [1.54, 1.807) is 4.90 Å². The molecule has 1 aliphatic heterocycles. The Morgan fingerprint density at radius 2 is 2.10 bits per heavy atom. The first-order valence-corrected chi connectivity index (χ1v) is 6.55. The summed E-state index contributed by atoms with van der Waals surface area (Å²) in [5.74, 6) is 0.00400. The van der Waals surface area contributed by atoms with Crippen molar-refractivity contribution in [2.45, 2.75) is 19.5 Å². The molecule has 1 heterocycles. The summed E-state index contributed by atoms with van der Waals surface area (Å²) in [6.45, 7) is -1.61. The molecule has 20 heavy (non-hydrogen) atoms. The van der Waals surface area contributed by atoms with Gasteiger partial charge < -0.3 is 14.7 Å². The van der Waals surface area contributed by atoms with Gasteiger partial charge in [-0.25, -0.2) is 0 Å². The summed E-state index contributed by atoms with van der Waals surface area (Å²) >= 11 is 0. The van der Waals surface area contributed by atoms with Crippen LogP contribution in [-0.2, 0) is 0 Å². The average Bonchev–Trinajstić information content (AvgIpc) is 2.47. The average molecular weight is 285 g/mol. The number of hydrogen-bond donors (Lipinski definition) is 1. The van der Waals surface area contributed by atoms with Crippen molar-refractivity contribution in [3.05, 3.63) is 29.8 Å². The summed E-state index contributed by atoms with van der Waals surface area (Å²) in [6, 6.07) is 5.66. The fourth-order valence-electron chi connectivity index (χ4n) is 2.36. The standard InChI is InChI=1S/C14H17F2NO3/c15-14(16)20-12-5-3-11(4-6-12)13(19)17-7-1-2-10(8-17)9-18/h3-6,10,14,18H,1-2,7-9H2. The molecule has 1 aliphatic rings. The van der Waals surface area contributed by atoms with Crippen molar-refractivity contribution in [1.29, 1.82) is 0 Å². The number of halogens is 2. The number of piperidine rings is 1. The Kier molecular flexibility index (Phi) is 4.89. The van der Waals surface area contributed by atoms with Crippen LogP contribution < -0.4 is 4.74 Å². The molecule has 1 aromatic carbocycles. The molecular formula is C14H17F2NO3. The van der Waals surface area contributed by atoms with Gasteiger partial charge in [-0.1, -0.05) is 0 Å². The van der Waals surface area contributed by atoms with Crippen LogP contribution in [0.1, 0.15) is 23.2 Å². The highest BCUT2D eigenvalue weighted by Gasteiger charge is 2.23. The molecule has 0 spiro atoms. The highest BCUT2D eigenvalue weighted by Crippen LogP contribution is 2.20. The van der Waals surface area contributed by atoms with Gasteiger partial charge in [0.1, 0.15) is 5.75 Å². The Balaban J connectivity index is 2.01. The molecule has 4 nitrogen and oxygen atoms in total. The fraction of sp³-hybridized carbons (Fsp3) is 0.500. The molecular weight excluding hydrogens is 268 g/mol. The van der Waals surface area contributed by atoms with Crippen molar-refractivity contribution >= 4 is 5.91 Å². The molecule has 1 amide bonds. The maximum Gasteiger partial charge on any atom is 0.387 e. The number of nitrogens with zero attached hydrogens (tertiary/aromatic N) is 1. The number of amides is 1. The number of aliphatic hydroxyl groups is 1. The molecule has 1 atom stereocenters. The Morgan fingerprint density at radius 1 is 1.40 bits per heavy atom. The molecule has 0 aliphatic carbocycles. The summed E-state index contributed by atoms with van der Waals surface area (Å²) in [7, 11) is 0. The summed E-state index contributed by atoms with van der Waals surface area (Å²) in [6.07, 6.45) is 1.78. The second-order valence-corrected chi connectivity index (χ2v) is 4.84. The van der Waals surface area contributed by atoms with E-state index in [1.807, 2.05) is 0 Å². The predicted octanol–water partition coefficient (Wildman–Crippen LogP) is 2.13. The molecule has 1 N–H and O–H groups in total. The number of rotatable bonds is 4. The Bertz CT molecular complexity index is 450. The van der Waals surface area contributed by atoms with Gasteiger partial charge in [0.05, 0.1) is 0 Å². The van der Waals surface area contributed by atoms with Crippen LogP contribution in [0.2, 0.25) is 0 Å². The van der Waals surface area contributed by atoms with E-state index in [2.05, 4.69) is 4.74 Å². The Hall–Kier alpha value is -1.69. The van der Waals surface area contributed by atoms with E-state index in [0.29, 0.717) is 18.7 Å². The zero-order valence-corrected chi connectivity index (χ0v) is 11.0. The lowest BCUT2D eigenvalue weighted by molar-refractivity contribution is -0.0498. The van der Waals surface area contributed by atoms with Crippen LogP contribution in [-0.4, -0.2) is 42.2 Å². The van der Waals surface area contributed by atoms with E-state index in [-0.39, 0.29) is 24.2 Å². The first-order valence-electron chi connectivity index (χ1n) is 6.55. The lowest BCUT2D eigenvalue weighted by Gasteiger charge is -2.31. The number of hydrogen-bond acceptors (Lipinski definition) is 3. The van der Waals surface area contributed by atoms with Crippen LogP contribution in [0.25, 0.3) is 0 Å². The van der Waals surface area contributed by atoms with Gasteiger partial charge in [0, 0.05) is 25.3 Å². The monoisotopic (exact) mass is 285 g/mol. The summed E-state index contributed by atoms with van der Waals surface area (Å²) in [5, 5.41) is 9.16. The molecule has 0 bridgehead atoms. The van der Waals surface area contributed by atoms with Crippen LogP contribution in [0.15, 0.2) is 24.3 Å². The number of benzene rings is 1. The van der Waals surface area contributed by atoms with Gasteiger partial charge in [0.15, 0.2) is 0 Å². The maximum atomic E-state index is 12.3. The minimum Gasteiger partial charge on any atom is -0.435 e. The third kappa shape index (κ3) is 3.66. The summed E-state index contributed by atoms with van der Waals surface area (Å²) in [5.41, 5.74) is 0.435. The molecule has 1 saturated heterocycles.